The number of hydrogen-bond donors (Lipinski definition) is 0. The third-order valence-corrected chi connectivity index (χ3v) is 1.65. The van der Waals surface area contributed by atoms with E-state index < -0.39 is 30.4 Å². The molecule has 0 spiro atoms. The van der Waals surface area contributed by atoms with E-state index >= 15 is 0 Å². The van der Waals surface area contributed by atoms with E-state index in [9.17, 15) is 18.4 Å². The summed E-state index contributed by atoms with van der Waals surface area (Å²) in [5.74, 6) is -3.02. The molecule has 0 atom stereocenters. The highest BCUT2D eigenvalue weighted by molar-refractivity contribution is 5.95. The van der Waals surface area contributed by atoms with Gasteiger partial charge in [-0.2, -0.15) is 8.78 Å². The summed E-state index contributed by atoms with van der Waals surface area (Å²) in [5.41, 5.74) is 0. The first-order chi connectivity index (χ1) is 7.52. The van der Waals surface area contributed by atoms with Crippen LogP contribution in [-0.2, 0) is 19.1 Å². The van der Waals surface area contributed by atoms with Gasteiger partial charge in [-0.15, -0.1) is 0 Å². The largest absolute Gasteiger partial charge is 0.465 e. The zero-order chi connectivity index (χ0) is 12.6. The Kier molecular flexibility index (Phi) is 7.07. The molecule has 0 aliphatic heterocycles. The molecule has 16 heavy (non-hydrogen) atoms. The van der Waals surface area contributed by atoms with Crippen LogP contribution < -0.4 is 0 Å². The molecule has 0 saturated carbocycles. The van der Waals surface area contributed by atoms with Gasteiger partial charge < -0.3 is 9.47 Å². The van der Waals surface area contributed by atoms with Crippen molar-refractivity contribution < 1.29 is 27.8 Å². The lowest BCUT2D eigenvalue weighted by Gasteiger charge is -2.11. The van der Waals surface area contributed by atoms with Gasteiger partial charge in [0.25, 0.3) is 6.08 Å². The Balaban J connectivity index is 4.55. The monoisotopic (exact) mass is 236 g/mol. The molecule has 0 saturated heterocycles. The van der Waals surface area contributed by atoms with E-state index in [0.717, 1.165) is 0 Å². The minimum absolute atomic E-state index is 0.0799. The summed E-state index contributed by atoms with van der Waals surface area (Å²) < 4.78 is 32.9. The van der Waals surface area contributed by atoms with Crippen molar-refractivity contribution in [1.29, 1.82) is 0 Å². The van der Waals surface area contributed by atoms with Crippen LogP contribution in [0.25, 0.3) is 0 Å². The lowest BCUT2D eigenvalue weighted by atomic mass is 10.1. The zero-order valence-electron chi connectivity index (χ0n) is 9.16. The molecule has 0 bridgehead atoms. The van der Waals surface area contributed by atoms with Crippen molar-refractivity contribution in [2.75, 3.05) is 13.2 Å². The number of hydrogen-bond acceptors (Lipinski definition) is 4. The number of halogens is 2. The number of rotatable bonds is 6. The lowest BCUT2D eigenvalue weighted by molar-refractivity contribution is -0.161. The van der Waals surface area contributed by atoms with Crippen molar-refractivity contribution in [3.05, 3.63) is 12.2 Å². The maximum Gasteiger partial charge on any atom is 0.320 e. The highest BCUT2D eigenvalue weighted by atomic mass is 19.3. The van der Waals surface area contributed by atoms with E-state index in [1.165, 1.54) is 0 Å². The molecule has 4 nitrogen and oxygen atoms in total. The Morgan fingerprint density at radius 2 is 1.56 bits per heavy atom. The van der Waals surface area contributed by atoms with Crippen LogP contribution in [0.3, 0.4) is 0 Å². The summed E-state index contributed by atoms with van der Waals surface area (Å²) in [6.45, 7) is 3.28. The fraction of sp³-hybridized carbons (Fsp3) is 0.600. The minimum Gasteiger partial charge on any atom is -0.465 e. The van der Waals surface area contributed by atoms with Crippen molar-refractivity contribution in [2.24, 2.45) is 5.92 Å². The molecule has 0 aromatic rings. The number of allylic oxidation sites excluding steroid dienone is 1. The van der Waals surface area contributed by atoms with Crippen LogP contribution in [0.4, 0.5) is 8.78 Å². The Morgan fingerprint density at radius 1 is 1.12 bits per heavy atom. The summed E-state index contributed by atoms with van der Waals surface area (Å²) >= 11 is 0. The molecule has 0 rings (SSSR count). The standard InChI is InChI=1S/C10H14F2O4/c1-3-15-9(13)7(5-6-8(11)12)10(14)16-4-2/h6-7H,3-5H2,1-2H3. The van der Waals surface area contributed by atoms with Crippen LogP contribution >= 0.6 is 0 Å². The fourth-order valence-electron chi connectivity index (χ4n) is 0.981. The van der Waals surface area contributed by atoms with Crippen LogP contribution in [0.2, 0.25) is 0 Å². The van der Waals surface area contributed by atoms with Crippen LogP contribution in [0.15, 0.2) is 12.2 Å². The van der Waals surface area contributed by atoms with Crippen LogP contribution in [-0.4, -0.2) is 25.2 Å². The topological polar surface area (TPSA) is 52.6 Å². The quantitative estimate of drug-likeness (QED) is 0.522. The molecule has 92 valence electrons. The van der Waals surface area contributed by atoms with Gasteiger partial charge in [-0.25, -0.2) is 0 Å². The Morgan fingerprint density at radius 3 is 1.88 bits per heavy atom. The van der Waals surface area contributed by atoms with Gasteiger partial charge in [-0.3, -0.25) is 9.59 Å². The average molecular weight is 236 g/mol. The minimum atomic E-state index is -1.95. The molecule has 0 aromatic carbocycles. The molecule has 0 aliphatic rings. The van der Waals surface area contributed by atoms with Crippen LogP contribution in [0, 0.1) is 5.92 Å². The molecule has 0 aliphatic carbocycles. The summed E-state index contributed by atoms with van der Waals surface area (Å²) in [5, 5.41) is 0. The van der Waals surface area contributed by atoms with Crippen molar-refractivity contribution in [1.82, 2.24) is 0 Å². The van der Waals surface area contributed by atoms with Gasteiger partial charge in [0, 0.05) is 0 Å². The number of carbonyl (C=O) groups is 2. The van der Waals surface area contributed by atoms with E-state index in [1.54, 1.807) is 13.8 Å². The predicted octanol–water partition coefficient (Wildman–Crippen LogP) is 1.90. The first kappa shape index (κ1) is 14.5. The van der Waals surface area contributed by atoms with Gasteiger partial charge in [0.2, 0.25) is 0 Å². The summed E-state index contributed by atoms with van der Waals surface area (Å²) in [6, 6.07) is 0. The smallest absolute Gasteiger partial charge is 0.320 e. The Hall–Kier alpha value is -1.46. The highest BCUT2D eigenvalue weighted by Gasteiger charge is 2.28. The molecule has 0 fully saturated rings. The molecule has 0 aromatic heterocycles. The van der Waals surface area contributed by atoms with Crippen molar-refractivity contribution in [3.8, 4) is 0 Å². The molecule has 0 heterocycles. The molecule has 6 heteroatoms. The maximum absolute atomic E-state index is 11.9. The normalized spacial score (nSPS) is 9.81. The summed E-state index contributed by atoms with van der Waals surface area (Å²) in [6.07, 6.45) is -1.86. The van der Waals surface area contributed by atoms with Crippen LogP contribution in [0.5, 0.6) is 0 Å². The molecule has 0 radical (unpaired) electrons. The fourth-order valence-corrected chi connectivity index (χ4v) is 0.981. The van der Waals surface area contributed by atoms with E-state index in [0.29, 0.717) is 6.08 Å². The molecule has 0 amide bonds. The van der Waals surface area contributed by atoms with Gasteiger partial charge in [-0.1, -0.05) is 0 Å². The van der Waals surface area contributed by atoms with E-state index in [-0.39, 0.29) is 13.2 Å². The van der Waals surface area contributed by atoms with Gasteiger partial charge in [0.15, 0.2) is 5.92 Å². The lowest BCUT2D eigenvalue weighted by Crippen LogP contribution is -2.27. The number of ether oxygens (including phenoxy) is 2. The molecule has 0 unspecified atom stereocenters. The van der Waals surface area contributed by atoms with Gasteiger partial charge in [-0.05, 0) is 26.3 Å². The number of carbonyl (C=O) groups excluding carboxylic acids is 2. The van der Waals surface area contributed by atoms with Crippen LogP contribution in [0.1, 0.15) is 20.3 Å². The van der Waals surface area contributed by atoms with Crippen molar-refractivity contribution >= 4 is 11.9 Å². The van der Waals surface area contributed by atoms with Gasteiger partial charge in [0.05, 0.1) is 13.2 Å². The first-order valence-electron chi connectivity index (χ1n) is 4.87. The van der Waals surface area contributed by atoms with Crippen molar-refractivity contribution in [3.63, 3.8) is 0 Å². The third-order valence-electron chi connectivity index (χ3n) is 1.65. The molecular formula is C10H14F2O4. The van der Waals surface area contributed by atoms with Crippen molar-refractivity contribution in [2.45, 2.75) is 20.3 Å². The second kappa shape index (κ2) is 7.78. The predicted molar refractivity (Wildman–Crippen MR) is 51.7 cm³/mol. The van der Waals surface area contributed by atoms with Gasteiger partial charge in [0.1, 0.15) is 0 Å². The maximum atomic E-state index is 11.9. The molecular weight excluding hydrogens is 222 g/mol. The first-order valence-corrected chi connectivity index (χ1v) is 4.87. The Labute approximate surface area is 92.2 Å². The number of esters is 2. The second-order valence-corrected chi connectivity index (χ2v) is 2.79. The van der Waals surface area contributed by atoms with Gasteiger partial charge >= 0.3 is 11.9 Å². The Bertz CT molecular complexity index is 254. The summed E-state index contributed by atoms with van der Waals surface area (Å²) in [4.78, 5) is 22.5. The third kappa shape index (κ3) is 5.43. The van der Waals surface area contributed by atoms with E-state index in [2.05, 4.69) is 9.47 Å². The highest BCUT2D eigenvalue weighted by Crippen LogP contribution is 2.12. The summed E-state index contributed by atoms with van der Waals surface area (Å²) in [7, 11) is 0. The SMILES string of the molecule is CCOC(=O)C(CC=C(F)F)C(=O)OCC. The van der Waals surface area contributed by atoms with E-state index in [4.69, 9.17) is 0 Å². The molecule has 0 N–H and O–H groups in total. The second-order valence-electron chi connectivity index (χ2n) is 2.79. The zero-order valence-corrected chi connectivity index (χ0v) is 9.16. The van der Waals surface area contributed by atoms with E-state index in [1.807, 2.05) is 0 Å². The average Bonchev–Trinajstić information content (AvgIpc) is 2.18.